The van der Waals surface area contributed by atoms with Gasteiger partial charge in [-0.05, 0) is 12.1 Å². The highest BCUT2D eigenvalue weighted by molar-refractivity contribution is 7.13. The lowest BCUT2D eigenvalue weighted by Crippen LogP contribution is -2.36. The van der Waals surface area contributed by atoms with Crippen molar-refractivity contribution >= 4 is 28.1 Å². The number of nitrogens with zero attached hydrogens (tertiary/aromatic N) is 4. The second-order valence-corrected chi connectivity index (χ2v) is 7.93. The van der Waals surface area contributed by atoms with Crippen LogP contribution in [-0.4, -0.2) is 50.6 Å². The number of H-pyrrole nitrogens is 1. The van der Waals surface area contributed by atoms with Crippen molar-refractivity contribution < 1.29 is 9.53 Å². The van der Waals surface area contributed by atoms with Gasteiger partial charge in [-0.1, -0.05) is 18.2 Å². The zero-order valence-corrected chi connectivity index (χ0v) is 16.9. The van der Waals surface area contributed by atoms with Crippen LogP contribution in [0.15, 0.2) is 42.0 Å². The van der Waals surface area contributed by atoms with Gasteiger partial charge in [0.25, 0.3) is 5.91 Å². The minimum atomic E-state index is -0.0349. The number of carbonyl (C=O) groups excluding carboxylic acids is 1. The van der Waals surface area contributed by atoms with E-state index in [0.29, 0.717) is 25.4 Å². The molecule has 3 aromatic heterocycles. The quantitative estimate of drug-likeness (QED) is 0.551. The van der Waals surface area contributed by atoms with E-state index in [4.69, 9.17) is 9.72 Å². The highest BCUT2D eigenvalue weighted by Crippen LogP contribution is 2.31. The molecular formula is C21H21N5O2S. The highest BCUT2D eigenvalue weighted by atomic mass is 32.1. The number of fused-ring (bicyclic) bond motifs is 2. The Labute approximate surface area is 172 Å². The molecule has 4 aromatic rings. The van der Waals surface area contributed by atoms with Crippen LogP contribution in [0.3, 0.4) is 0 Å². The van der Waals surface area contributed by atoms with Crippen molar-refractivity contribution in [2.45, 2.75) is 19.5 Å². The maximum Gasteiger partial charge on any atom is 0.273 e. The Morgan fingerprint density at radius 1 is 1.34 bits per heavy atom. The fourth-order valence-corrected chi connectivity index (χ4v) is 4.67. The first-order valence-corrected chi connectivity index (χ1v) is 10.5. The number of hydrogen-bond acceptors (Lipinski definition) is 5. The molecule has 5 rings (SSSR count). The van der Waals surface area contributed by atoms with E-state index < -0.39 is 0 Å². The van der Waals surface area contributed by atoms with E-state index in [-0.39, 0.29) is 5.91 Å². The Morgan fingerprint density at radius 3 is 3.14 bits per heavy atom. The second-order valence-electron chi connectivity index (χ2n) is 7.08. The molecule has 1 aromatic carbocycles. The van der Waals surface area contributed by atoms with Crippen molar-refractivity contribution in [3.63, 3.8) is 0 Å². The van der Waals surface area contributed by atoms with Gasteiger partial charge in [-0.25, -0.2) is 9.97 Å². The third-order valence-electron chi connectivity index (χ3n) is 5.33. The molecule has 1 amide bonds. The van der Waals surface area contributed by atoms with Crippen LogP contribution in [0, 0.1) is 0 Å². The fraction of sp³-hybridized carbons (Fsp3) is 0.286. The monoisotopic (exact) mass is 407 g/mol. The van der Waals surface area contributed by atoms with Crippen LogP contribution in [0.25, 0.3) is 21.6 Å². The van der Waals surface area contributed by atoms with Crippen molar-refractivity contribution in [2.24, 2.45) is 0 Å². The number of nitrogens with one attached hydrogen (secondary N) is 1. The van der Waals surface area contributed by atoms with Crippen molar-refractivity contribution in [1.82, 2.24) is 24.4 Å². The van der Waals surface area contributed by atoms with E-state index in [1.165, 1.54) is 11.3 Å². The number of aromatic nitrogens is 4. The molecule has 0 bridgehead atoms. The first kappa shape index (κ1) is 18.1. The van der Waals surface area contributed by atoms with E-state index in [0.717, 1.165) is 46.0 Å². The van der Waals surface area contributed by atoms with Crippen LogP contribution in [-0.2, 0) is 24.2 Å². The van der Waals surface area contributed by atoms with Crippen molar-refractivity contribution in [3.8, 4) is 10.7 Å². The predicted molar refractivity (Wildman–Crippen MR) is 112 cm³/mol. The standard InChI is InChI=1S/C21H21N5O2S/c1-28-9-8-26-18-5-3-2-4-14(18)10-19(26)20-24-17(12-29-20)21(27)25-7-6-15-16(11-25)23-13-22-15/h2-5,10,12-13H,6-9,11H2,1H3,(H,22,23). The van der Waals surface area contributed by atoms with Gasteiger partial charge >= 0.3 is 0 Å². The SMILES string of the molecule is COCCn1c(-c2nc(C(=O)N3CCc4nc[nH]c4C3)cs2)cc2ccccc21. The third kappa shape index (κ3) is 3.24. The molecule has 0 radical (unpaired) electrons. The molecule has 0 aliphatic carbocycles. The Kier molecular flexibility index (Phi) is 4.65. The van der Waals surface area contributed by atoms with Crippen molar-refractivity contribution in [2.75, 3.05) is 20.3 Å². The van der Waals surface area contributed by atoms with Crippen molar-refractivity contribution in [3.05, 3.63) is 59.1 Å². The molecule has 0 spiro atoms. The number of rotatable bonds is 5. The zero-order chi connectivity index (χ0) is 19.8. The normalized spacial score (nSPS) is 13.8. The summed E-state index contributed by atoms with van der Waals surface area (Å²) in [6, 6.07) is 10.4. The summed E-state index contributed by atoms with van der Waals surface area (Å²) in [5, 5.41) is 3.86. The second kappa shape index (κ2) is 7.46. The average Bonchev–Trinajstić information content (AvgIpc) is 3.49. The molecule has 0 fully saturated rings. The lowest BCUT2D eigenvalue weighted by molar-refractivity contribution is 0.0727. The summed E-state index contributed by atoms with van der Waals surface area (Å²) < 4.78 is 7.51. The molecule has 8 heteroatoms. The molecule has 0 atom stereocenters. The van der Waals surface area contributed by atoms with Crippen LogP contribution in [0.4, 0.5) is 0 Å². The van der Waals surface area contributed by atoms with Gasteiger partial charge in [-0.3, -0.25) is 4.79 Å². The lowest BCUT2D eigenvalue weighted by Gasteiger charge is -2.25. The third-order valence-corrected chi connectivity index (χ3v) is 6.20. The first-order valence-electron chi connectivity index (χ1n) is 9.58. The molecule has 1 N–H and O–H groups in total. The molecule has 148 valence electrons. The lowest BCUT2D eigenvalue weighted by atomic mass is 10.1. The van der Waals surface area contributed by atoms with Gasteiger partial charge in [0.15, 0.2) is 0 Å². The number of hydrogen-bond donors (Lipinski definition) is 1. The summed E-state index contributed by atoms with van der Waals surface area (Å²) in [6.07, 6.45) is 2.46. The summed E-state index contributed by atoms with van der Waals surface area (Å²) >= 11 is 1.50. The molecule has 29 heavy (non-hydrogen) atoms. The number of thiazole rings is 1. The van der Waals surface area contributed by atoms with Gasteiger partial charge in [0.05, 0.1) is 36.6 Å². The summed E-state index contributed by atoms with van der Waals surface area (Å²) in [6.45, 7) is 2.56. The molecule has 0 saturated heterocycles. The van der Waals surface area contributed by atoms with E-state index >= 15 is 0 Å². The fourth-order valence-electron chi connectivity index (χ4n) is 3.85. The topological polar surface area (TPSA) is 76.0 Å². The predicted octanol–water partition coefficient (Wildman–Crippen LogP) is 3.33. The number of imidazole rings is 1. The molecule has 0 saturated carbocycles. The molecule has 1 aliphatic heterocycles. The zero-order valence-electron chi connectivity index (χ0n) is 16.1. The van der Waals surface area contributed by atoms with Gasteiger partial charge in [0.2, 0.25) is 0 Å². The Bertz CT molecular complexity index is 1170. The number of ether oxygens (including phenoxy) is 1. The molecule has 7 nitrogen and oxygen atoms in total. The minimum absolute atomic E-state index is 0.0349. The summed E-state index contributed by atoms with van der Waals surface area (Å²) in [5.41, 5.74) is 4.72. The average molecular weight is 407 g/mol. The number of methoxy groups -OCH3 is 1. The van der Waals surface area contributed by atoms with Gasteiger partial charge < -0.3 is 19.2 Å². The van der Waals surface area contributed by atoms with Crippen LogP contribution < -0.4 is 0 Å². The minimum Gasteiger partial charge on any atom is -0.383 e. The van der Waals surface area contributed by atoms with Crippen LogP contribution in [0.5, 0.6) is 0 Å². The molecular weight excluding hydrogens is 386 g/mol. The number of benzene rings is 1. The maximum absolute atomic E-state index is 13.0. The van der Waals surface area contributed by atoms with Gasteiger partial charge in [0, 0.05) is 42.9 Å². The highest BCUT2D eigenvalue weighted by Gasteiger charge is 2.25. The number of para-hydroxylation sites is 1. The molecule has 4 heterocycles. The maximum atomic E-state index is 13.0. The van der Waals surface area contributed by atoms with Crippen LogP contribution in [0.1, 0.15) is 21.9 Å². The van der Waals surface area contributed by atoms with Gasteiger partial charge in [-0.2, -0.15) is 0 Å². The smallest absolute Gasteiger partial charge is 0.273 e. The van der Waals surface area contributed by atoms with Crippen LogP contribution >= 0.6 is 11.3 Å². The Morgan fingerprint density at radius 2 is 2.24 bits per heavy atom. The van der Waals surface area contributed by atoms with E-state index in [2.05, 4.69) is 32.7 Å². The summed E-state index contributed by atoms with van der Waals surface area (Å²) in [5.74, 6) is -0.0349. The summed E-state index contributed by atoms with van der Waals surface area (Å²) in [4.78, 5) is 27.0. The largest absolute Gasteiger partial charge is 0.383 e. The van der Waals surface area contributed by atoms with Gasteiger partial charge in [0.1, 0.15) is 10.7 Å². The van der Waals surface area contributed by atoms with Crippen LogP contribution in [0.2, 0.25) is 0 Å². The number of amides is 1. The molecule has 1 aliphatic rings. The van der Waals surface area contributed by atoms with E-state index in [1.807, 2.05) is 22.4 Å². The number of aromatic amines is 1. The van der Waals surface area contributed by atoms with E-state index in [9.17, 15) is 4.79 Å². The number of carbonyl (C=O) groups is 1. The first-order chi connectivity index (χ1) is 14.2. The molecule has 0 unspecified atom stereocenters. The Balaban J connectivity index is 1.45. The van der Waals surface area contributed by atoms with Crippen molar-refractivity contribution in [1.29, 1.82) is 0 Å². The Hall–Kier alpha value is -2.97. The summed E-state index contributed by atoms with van der Waals surface area (Å²) in [7, 11) is 1.70. The van der Waals surface area contributed by atoms with E-state index in [1.54, 1.807) is 13.4 Å². The van der Waals surface area contributed by atoms with Gasteiger partial charge in [-0.15, -0.1) is 11.3 Å².